The molecular weight excluding hydrogens is 382 g/mol. The first-order chi connectivity index (χ1) is 11.5. The van der Waals surface area contributed by atoms with E-state index < -0.39 is 35.8 Å². The summed E-state index contributed by atoms with van der Waals surface area (Å²) in [7, 11) is 1.52. The number of rotatable bonds is 4. The van der Waals surface area contributed by atoms with E-state index in [1.54, 1.807) is 25.1 Å². The number of carbonyl (C=O) groups excluding carboxylic acids is 3. The van der Waals surface area contributed by atoms with E-state index >= 15 is 0 Å². The Morgan fingerprint density at radius 1 is 1.29 bits per heavy atom. The number of anilines is 1. The second kappa shape index (κ2) is 6.50. The maximum Gasteiger partial charge on any atom is 0.325 e. The summed E-state index contributed by atoms with van der Waals surface area (Å²) in [6.45, 7) is 1.88. The standard InChI is InChI=1S/C15H16BrN3O5/c1-3-24-15(22)12-10-11(17-18-12)14(21)19(13(10)20)7-4-5-9(23-2)8(16)6-7/h4-6,10-12,17-18H,3H2,1-2H3. The number of amides is 2. The molecule has 3 atom stereocenters. The van der Waals surface area contributed by atoms with Gasteiger partial charge in [-0.15, -0.1) is 0 Å². The van der Waals surface area contributed by atoms with Crippen molar-refractivity contribution in [2.24, 2.45) is 5.92 Å². The number of fused-ring (bicyclic) bond motifs is 1. The molecule has 2 amide bonds. The molecule has 24 heavy (non-hydrogen) atoms. The molecule has 0 bridgehead atoms. The molecule has 9 heteroatoms. The third-order valence-corrected chi connectivity index (χ3v) is 4.66. The first-order valence-electron chi connectivity index (χ1n) is 7.38. The molecule has 2 aliphatic rings. The zero-order chi connectivity index (χ0) is 17.4. The average Bonchev–Trinajstić information content (AvgIpc) is 3.09. The molecule has 0 radical (unpaired) electrons. The van der Waals surface area contributed by atoms with Crippen molar-refractivity contribution >= 4 is 39.4 Å². The van der Waals surface area contributed by atoms with E-state index in [0.29, 0.717) is 15.9 Å². The zero-order valence-electron chi connectivity index (χ0n) is 13.0. The normalized spacial score (nSPS) is 25.8. The van der Waals surface area contributed by atoms with Gasteiger partial charge in [-0.3, -0.25) is 14.4 Å². The molecule has 2 saturated heterocycles. The fraction of sp³-hybridized carbons (Fsp3) is 0.400. The minimum absolute atomic E-state index is 0.200. The second-order valence-electron chi connectivity index (χ2n) is 5.35. The molecule has 2 N–H and O–H groups in total. The van der Waals surface area contributed by atoms with Crippen LogP contribution in [0.1, 0.15) is 6.92 Å². The van der Waals surface area contributed by atoms with Crippen molar-refractivity contribution in [2.45, 2.75) is 19.0 Å². The zero-order valence-corrected chi connectivity index (χ0v) is 14.6. The quantitative estimate of drug-likeness (QED) is 0.558. The number of imide groups is 1. The molecule has 2 fully saturated rings. The highest BCUT2D eigenvalue weighted by atomic mass is 79.9. The lowest BCUT2D eigenvalue weighted by molar-refractivity contribution is -0.147. The molecule has 0 spiro atoms. The Labute approximate surface area is 146 Å². The Bertz CT molecular complexity index is 710. The maximum atomic E-state index is 12.8. The Morgan fingerprint density at radius 3 is 2.67 bits per heavy atom. The topological polar surface area (TPSA) is 97.0 Å². The minimum Gasteiger partial charge on any atom is -0.496 e. The van der Waals surface area contributed by atoms with E-state index in [2.05, 4.69) is 26.8 Å². The van der Waals surface area contributed by atoms with Crippen LogP contribution in [-0.4, -0.2) is 43.6 Å². The maximum absolute atomic E-state index is 12.8. The van der Waals surface area contributed by atoms with Crippen LogP contribution >= 0.6 is 15.9 Å². The fourth-order valence-electron chi connectivity index (χ4n) is 2.94. The van der Waals surface area contributed by atoms with Crippen molar-refractivity contribution in [2.75, 3.05) is 18.6 Å². The summed E-state index contributed by atoms with van der Waals surface area (Å²) in [5, 5.41) is 0. The summed E-state index contributed by atoms with van der Waals surface area (Å²) in [6.07, 6.45) is 0. The van der Waals surface area contributed by atoms with Crippen LogP contribution in [0.15, 0.2) is 22.7 Å². The molecule has 0 aromatic heterocycles. The molecular formula is C15H16BrN3O5. The van der Waals surface area contributed by atoms with Crippen LogP contribution in [0.5, 0.6) is 5.75 Å². The number of methoxy groups -OCH3 is 1. The number of hydrogen-bond donors (Lipinski definition) is 2. The van der Waals surface area contributed by atoms with Gasteiger partial charge in [-0.05, 0) is 41.1 Å². The van der Waals surface area contributed by atoms with Crippen LogP contribution in [0, 0.1) is 5.92 Å². The molecule has 8 nitrogen and oxygen atoms in total. The number of halogens is 1. The number of nitrogens with one attached hydrogen (secondary N) is 2. The van der Waals surface area contributed by atoms with Gasteiger partial charge < -0.3 is 9.47 Å². The third kappa shape index (κ3) is 2.58. The lowest BCUT2D eigenvalue weighted by Crippen LogP contribution is -2.46. The summed E-state index contributed by atoms with van der Waals surface area (Å²) < 4.78 is 10.7. The molecule has 2 heterocycles. The van der Waals surface area contributed by atoms with Gasteiger partial charge in [0, 0.05) is 0 Å². The highest BCUT2D eigenvalue weighted by Crippen LogP contribution is 2.35. The summed E-state index contributed by atoms with van der Waals surface area (Å²) in [4.78, 5) is 38.4. The number of nitrogens with zero attached hydrogens (tertiary/aromatic N) is 1. The van der Waals surface area contributed by atoms with Crippen molar-refractivity contribution in [3.8, 4) is 5.75 Å². The number of carbonyl (C=O) groups is 3. The first kappa shape index (κ1) is 16.9. The molecule has 3 unspecified atom stereocenters. The van der Waals surface area contributed by atoms with E-state index in [1.807, 2.05) is 0 Å². The van der Waals surface area contributed by atoms with Crippen LogP contribution in [0.4, 0.5) is 5.69 Å². The summed E-state index contributed by atoms with van der Waals surface area (Å²) >= 11 is 3.33. The molecule has 128 valence electrons. The van der Waals surface area contributed by atoms with E-state index in [0.717, 1.165) is 4.90 Å². The predicted octanol–water partition coefficient (Wildman–Crippen LogP) is 0.355. The van der Waals surface area contributed by atoms with Gasteiger partial charge in [0.15, 0.2) is 0 Å². The lowest BCUT2D eigenvalue weighted by Gasteiger charge is -2.19. The van der Waals surface area contributed by atoms with E-state index in [4.69, 9.17) is 9.47 Å². The molecule has 1 aromatic carbocycles. The van der Waals surface area contributed by atoms with Gasteiger partial charge in [0.1, 0.15) is 17.8 Å². The van der Waals surface area contributed by atoms with Crippen LogP contribution in [0.2, 0.25) is 0 Å². The Morgan fingerprint density at radius 2 is 2.04 bits per heavy atom. The minimum atomic E-state index is -0.891. The average molecular weight is 398 g/mol. The Hall–Kier alpha value is -1.97. The number of hydrazine groups is 1. The third-order valence-electron chi connectivity index (χ3n) is 4.04. The van der Waals surface area contributed by atoms with Crippen molar-refractivity contribution in [1.82, 2.24) is 10.9 Å². The van der Waals surface area contributed by atoms with Crippen LogP contribution < -0.4 is 20.5 Å². The Kier molecular flexibility index (Phi) is 4.57. The van der Waals surface area contributed by atoms with Crippen LogP contribution in [0.3, 0.4) is 0 Å². The predicted molar refractivity (Wildman–Crippen MR) is 87.2 cm³/mol. The largest absolute Gasteiger partial charge is 0.496 e. The number of esters is 1. The van der Waals surface area contributed by atoms with Gasteiger partial charge in [-0.1, -0.05) is 0 Å². The number of benzene rings is 1. The SMILES string of the molecule is CCOC(=O)C1NNC2C(=O)N(c3ccc(OC)c(Br)c3)C(=O)C12. The van der Waals surface area contributed by atoms with Crippen molar-refractivity contribution in [1.29, 1.82) is 0 Å². The molecule has 1 aromatic rings. The molecule has 0 saturated carbocycles. The lowest BCUT2D eigenvalue weighted by atomic mass is 9.97. The van der Waals surface area contributed by atoms with Gasteiger partial charge in [0.2, 0.25) is 5.91 Å². The van der Waals surface area contributed by atoms with Gasteiger partial charge in [-0.2, -0.15) is 0 Å². The molecule has 3 rings (SSSR count). The van der Waals surface area contributed by atoms with Gasteiger partial charge in [0.25, 0.3) is 5.91 Å². The first-order valence-corrected chi connectivity index (χ1v) is 8.18. The van der Waals surface area contributed by atoms with E-state index in [-0.39, 0.29) is 6.61 Å². The number of ether oxygens (including phenoxy) is 2. The molecule has 0 aliphatic carbocycles. The van der Waals surface area contributed by atoms with Crippen molar-refractivity contribution in [3.63, 3.8) is 0 Å². The molecule has 2 aliphatic heterocycles. The van der Waals surface area contributed by atoms with Gasteiger partial charge >= 0.3 is 5.97 Å². The summed E-state index contributed by atoms with van der Waals surface area (Å²) in [6, 6.07) is 3.21. The number of hydrogen-bond acceptors (Lipinski definition) is 7. The van der Waals surface area contributed by atoms with E-state index in [9.17, 15) is 14.4 Å². The summed E-state index contributed by atoms with van der Waals surface area (Å²) in [5.74, 6) is -1.67. The fourth-order valence-corrected chi connectivity index (χ4v) is 3.46. The van der Waals surface area contributed by atoms with Crippen molar-refractivity contribution in [3.05, 3.63) is 22.7 Å². The Balaban J connectivity index is 1.90. The summed E-state index contributed by atoms with van der Waals surface area (Å²) in [5.41, 5.74) is 5.82. The van der Waals surface area contributed by atoms with Crippen LogP contribution in [0.25, 0.3) is 0 Å². The smallest absolute Gasteiger partial charge is 0.325 e. The highest BCUT2D eigenvalue weighted by Gasteiger charge is 2.57. The second-order valence-corrected chi connectivity index (χ2v) is 6.21. The highest BCUT2D eigenvalue weighted by molar-refractivity contribution is 9.10. The van der Waals surface area contributed by atoms with E-state index in [1.165, 1.54) is 7.11 Å². The monoisotopic (exact) mass is 397 g/mol. The van der Waals surface area contributed by atoms with Crippen LogP contribution in [-0.2, 0) is 19.1 Å². The van der Waals surface area contributed by atoms with Gasteiger partial charge in [-0.25, -0.2) is 15.8 Å². The van der Waals surface area contributed by atoms with Gasteiger partial charge in [0.05, 0.1) is 29.8 Å². The van der Waals surface area contributed by atoms with Crippen molar-refractivity contribution < 1.29 is 23.9 Å².